The lowest BCUT2D eigenvalue weighted by atomic mass is 9.97. The molecule has 4 heteroatoms. The molecule has 24 heavy (non-hydrogen) atoms. The van der Waals surface area contributed by atoms with Crippen LogP contribution in [0.3, 0.4) is 0 Å². The highest BCUT2D eigenvalue weighted by Crippen LogP contribution is 2.29. The molecule has 0 bridgehead atoms. The SMILES string of the molecule is Cc1c(Cl)cccc1-c1ccc(CNC2CCCCCCC2)o1.Cl. The zero-order valence-electron chi connectivity index (χ0n) is 14.3. The van der Waals surface area contributed by atoms with E-state index in [2.05, 4.69) is 17.4 Å². The van der Waals surface area contributed by atoms with Crippen molar-refractivity contribution in [2.45, 2.75) is 64.5 Å². The number of rotatable bonds is 4. The van der Waals surface area contributed by atoms with Crippen molar-refractivity contribution >= 4 is 24.0 Å². The molecule has 0 aliphatic heterocycles. The van der Waals surface area contributed by atoms with Crippen LogP contribution in [0.2, 0.25) is 5.02 Å². The Bertz CT molecular complexity index is 630. The Labute approximate surface area is 156 Å². The normalized spacial score (nSPS) is 16.2. The van der Waals surface area contributed by atoms with Crippen molar-refractivity contribution in [2.75, 3.05) is 0 Å². The fourth-order valence-electron chi connectivity index (χ4n) is 3.40. The lowest BCUT2D eigenvalue weighted by Gasteiger charge is -2.20. The number of halogens is 2. The Morgan fingerprint density at radius 2 is 1.75 bits per heavy atom. The summed E-state index contributed by atoms with van der Waals surface area (Å²) < 4.78 is 6.03. The van der Waals surface area contributed by atoms with Crippen LogP contribution >= 0.6 is 24.0 Å². The third-order valence-electron chi connectivity index (χ3n) is 4.86. The highest BCUT2D eigenvalue weighted by Gasteiger charge is 2.13. The molecule has 132 valence electrons. The predicted octanol–water partition coefficient (Wildman–Crippen LogP) is 6.53. The molecule has 1 N–H and O–H groups in total. The molecule has 1 fully saturated rings. The Hall–Kier alpha value is -0.960. The molecular formula is C20H27Cl2NO. The lowest BCUT2D eigenvalue weighted by molar-refractivity contribution is 0.372. The monoisotopic (exact) mass is 367 g/mol. The summed E-state index contributed by atoms with van der Waals surface area (Å²) in [6.45, 7) is 2.84. The summed E-state index contributed by atoms with van der Waals surface area (Å²) in [7, 11) is 0. The molecule has 1 saturated carbocycles. The van der Waals surface area contributed by atoms with Crippen LogP contribution in [0.4, 0.5) is 0 Å². The van der Waals surface area contributed by atoms with Gasteiger partial charge in [-0.05, 0) is 43.5 Å². The molecule has 0 amide bonds. The van der Waals surface area contributed by atoms with Crippen molar-refractivity contribution in [3.8, 4) is 11.3 Å². The van der Waals surface area contributed by atoms with Gasteiger partial charge in [0.15, 0.2) is 0 Å². The molecule has 1 heterocycles. The number of hydrogen-bond acceptors (Lipinski definition) is 2. The maximum absolute atomic E-state index is 6.21. The summed E-state index contributed by atoms with van der Waals surface area (Å²) in [5.74, 6) is 1.90. The van der Waals surface area contributed by atoms with E-state index < -0.39 is 0 Å². The minimum Gasteiger partial charge on any atom is -0.460 e. The molecule has 1 aliphatic rings. The van der Waals surface area contributed by atoms with Gasteiger partial charge in [0.2, 0.25) is 0 Å². The maximum Gasteiger partial charge on any atom is 0.134 e. The number of furan rings is 1. The molecule has 2 nitrogen and oxygen atoms in total. The van der Waals surface area contributed by atoms with Gasteiger partial charge in [0, 0.05) is 16.6 Å². The van der Waals surface area contributed by atoms with Gasteiger partial charge in [0.05, 0.1) is 6.54 Å². The molecule has 0 radical (unpaired) electrons. The van der Waals surface area contributed by atoms with Crippen LogP contribution in [-0.4, -0.2) is 6.04 Å². The molecule has 0 atom stereocenters. The van der Waals surface area contributed by atoms with E-state index >= 15 is 0 Å². The second-order valence-electron chi connectivity index (χ2n) is 6.60. The van der Waals surface area contributed by atoms with Gasteiger partial charge >= 0.3 is 0 Å². The van der Waals surface area contributed by atoms with Crippen molar-refractivity contribution < 1.29 is 4.42 Å². The highest BCUT2D eigenvalue weighted by molar-refractivity contribution is 6.31. The average molecular weight is 368 g/mol. The lowest BCUT2D eigenvalue weighted by Crippen LogP contribution is -2.29. The van der Waals surface area contributed by atoms with E-state index in [1.165, 1.54) is 44.9 Å². The van der Waals surface area contributed by atoms with Crippen LogP contribution < -0.4 is 5.32 Å². The molecule has 0 unspecified atom stereocenters. The first-order valence-corrected chi connectivity index (χ1v) is 9.19. The maximum atomic E-state index is 6.21. The van der Waals surface area contributed by atoms with Crippen LogP contribution in [0.1, 0.15) is 56.3 Å². The Morgan fingerprint density at radius 3 is 2.50 bits per heavy atom. The summed E-state index contributed by atoms with van der Waals surface area (Å²) >= 11 is 6.21. The molecule has 2 aromatic rings. The van der Waals surface area contributed by atoms with E-state index in [0.717, 1.165) is 34.2 Å². The fraction of sp³-hybridized carbons (Fsp3) is 0.500. The second-order valence-corrected chi connectivity index (χ2v) is 7.01. The minimum atomic E-state index is 0. The van der Waals surface area contributed by atoms with E-state index in [0.29, 0.717) is 6.04 Å². The summed E-state index contributed by atoms with van der Waals surface area (Å²) in [5.41, 5.74) is 2.15. The van der Waals surface area contributed by atoms with E-state index in [1.54, 1.807) is 0 Å². The first-order valence-electron chi connectivity index (χ1n) is 8.81. The Kier molecular flexibility index (Phi) is 7.67. The van der Waals surface area contributed by atoms with Crippen LogP contribution in [0.5, 0.6) is 0 Å². The van der Waals surface area contributed by atoms with Crippen molar-refractivity contribution in [2.24, 2.45) is 0 Å². The summed E-state index contributed by atoms with van der Waals surface area (Å²) in [6.07, 6.45) is 9.47. The molecule has 0 saturated heterocycles. The quantitative estimate of drug-likeness (QED) is 0.663. The van der Waals surface area contributed by atoms with Gasteiger partial charge in [-0.1, -0.05) is 55.8 Å². The van der Waals surface area contributed by atoms with Crippen molar-refractivity contribution in [3.05, 3.63) is 46.7 Å². The van der Waals surface area contributed by atoms with Crippen molar-refractivity contribution in [1.29, 1.82) is 0 Å². The second kappa shape index (κ2) is 9.50. The average Bonchev–Trinajstić information content (AvgIpc) is 2.98. The van der Waals surface area contributed by atoms with Gasteiger partial charge in [-0.3, -0.25) is 0 Å². The Morgan fingerprint density at radius 1 is 1.04 bits per heavy atom. The third kappa shape index (κ3) is 5.02. The van der Waals surface area contributed by atoms with Gasteiger partial charge in [-0.25, -0.2) is 0 Å². The van der Waals surface area contributed by atoms with Crippen LogP contribution in [0.15, 0.2) is 34.7 Å². The number of benzene rings is 1. The zero-order chi connectivity index (χ0) is 16.1. The van der Waals surface area contributed by atoms with Gasteiger partial charge in [0.25, 0.3) is 0 Å². The standard InChI is InChI=1S/C20H26ClNO.ClH/c1-15-18(10-7-11-19(15)21)20-13-12-17(23-20)14-22-16-8-5-3-2-4-6-9-16;/h7,10-13,16,22H,2-6,8-9,14H2,1H3;1H. The van der Waals surface area contributed by atoms with E-state index in [9.17, 15) is 0 Å². The first kappa shape index (κ1) is 19.4. The number of hydrogen-bond donors (Lipinski definition) is 1. The number of nitrogens with one attached hydrogen (secondary N) is 1. The highest BCUT2D eigenvalue weighted by atomic mass is 35.5. The van der Waals surface area contributed by atoms with Gasteiger partial charge in [0.1, 0.15) is 11.5 Å². The van der Waals surface area contributed by atoms with E-state index in [-0.39, 0.29) is 12.4 Å². The molecule has 0 spiro atoms. The smallest absolute Gasteiger partial charge is 0.134 e. The summed E-state index contributed by atoms with van der Waals surface area (Å²) in [5, 5.41) is 4.46. The van der Waals surface area contributed by atoms with Gasteiger partial charge < -0.3 is 9.73 Å². The zero-order valence-corrected chi connectivity index (χ0v) is 15.9. The van der Waals surface area contributed by atoms with Crippen LogP contribution in [0, 0.1) is 6.92 Å². The topological polar surface area (TPSA) is 25.2 Å². The summed E-state index contributed by atoms with van der Waals surface area (Å²) in [6, 6.07) is 10.7. The molecule has 3 rings (SSSR count). The molecule has 1 aliphatic carbocycles. The Balaban J connectivity index is 0.00000208. The van der Waals surface area contributed by atoms with Crippen LogP contribution in [-0.2, 0) is 6.54 Å². The van der Waals surface area contributed by atoms with E-state index in [1.807, 2.05) is 25.1 Å². The van der Waals surface area contributed by atoms with E-state index in [4.69, 9.17) is 16.0 Å². The minimum absolute atomic E-state index is 0. The molecule has 1 aromatic heterocycles. The largest absolute Gasteiger partial charge is 0.460 e. The van der Waals surface area contributed by atoms with Crippen molar-refractivity contribution in [3.63, 3.8) is 0 Å². The first-order chi connectivity index (χ1) is 11.2. The predicted molar refractivity (Wildman–Crippen MR) is 104 cm³/mol. The summed E-state index contributed by atoms with van der Waals surface area (Å²) in [4.78, 5) is 0. The van der Waals surface area contributed by atoms with Crippen LogP contribution in [0.25, 0.3) is 11.3 Å². The van der Waals surface area contributed by atoms with Crippen molar-refractivity contribution in [1.82, 2.24) is 5.32 Å². The molecular weight excluding hydrogens is 341 g/mol. The van der Waals surface area contributed by atoms with Gasteiger partial charge in [-0.2, -0.15) is 0 Å². The third-order valence-corrected chi connectivity index (χ3v) is 5.27. The fourth-order valence-corrected chi connectivity index (χ4v) is 3.57. The van der Waals surface area contributed by atoms with Gasteiger partial charge in [-0.15, -0.1) is 12.4 Å². The molecule has 1 aromatic carbocycles.